The first-order chi connectivity index (χ1) is 9.69. The van der Waals surface area contributed by atoms with Crippen LogP contribution in [0.1, 0.15) is 38.2 Å². The fourth-order valence-electron chi connectivity index (χ4n) is 2.36. The highest BCUT2D eigenvalue weighted by Gasteiger charge is 2.15. The van der Waals surface area contributed by atoms with E-state index in [1.54, 1.807) is 0 Å². The second-order valence-corrected chi connectivity index (χ2v) is 5.84. The first-order valence-corrected chi connectivity index (χ1v) is 7.85. The monoisotopic (exact) mass is 297 g/mol. The Bertz CT molecular complexity index is 419. The van der Waals surface area contributed by atoms with E-state index in [9.17, 15) is 0 Å². The predicted octanol–water partition coefficient (Wildman–Crippen LogP) is 3.57. The van der Waals surface area contributed by atoms with E-state index in [4.69, 9.17) is 26.8 Å². The van der Waals surface area contributed by atoms with Gasteiger partial charge in [-0.2, -0.15) is 0 Å². The van der Waals surface area contributed by atoms with Crippen molar-refractivity contribution in [1.82, 2.24) is 0 Å². The van der Waals surface area contributed by atoms with E-state index in [0.29, 0.717) is 11.6 Å². The van der Waals surface area contributed by atoms with Gasteiger partial charge in [0.05, 0.1) is 11.1 Å². The number of ether oxygens (including phenoxy) is 2. The number of hydrogen-bond donors (Lipinski definition) is 1. The third-order valence-corrected chi connectivity index (χ3v) is 4.01. The van der Waals surface area contributed by atoms with Crippen LogP contribution < -0.4 is 10.5 Å². The van der Waals surface area contributed by atoms with Crippen molar-refractivity contribution in [2.45, 2.75) is 51.2 Å². The van der Waals surface area contributed by atoms with E-state index in [-0.39, 0.29) is 12.1 Å². The van der Waals surface area contributed by atoms with Gasteiger partial charge in [-0.05, 0) is 49.8 Å². The molecule has 0 aromatic heterocycles. The smallest absolute Gasteiger partial charge is 0.138 e. The molecule has 1 heterocycles. The van der Waals surface area contributed by atoms with Gasteiger partial charge < -0.3 is 15.2 Å². The molecule has 0 bridgehead atoms. The minimum absolute atomic E-state index is 0.188. The Labute approximate surface area is 126 Å². The molecular weight excluding hydrogens is 274 g/mol. The summed E-state index contributed by atoms with van der Waals surface area (Å²) in [5.41, 5.74) is 7.12. The van der Waals surface area contributed by atoms with Gasteiger partial charge in [-0.15, -0.1) is 0 Å². The van der Waals surface area contributed by atoms with Crippen molar-refractivity contribution >= 4 is 11.6 Å². The van der Waals surface area contributed by atoms with Crippen molar-refractivity contribution in [3.63, 3.8) is 0 Å². The molecule has 0 saturated carbocycles. The van der Waals surface area contributed by atoms with E-state index in [1.807, 2.05) is 18.2 Å². The summed E-state index contributed by atoms with van der Waals surface area (Å²) in [6.07, 6.45) is 5.46. The highest BCUT2D eigenvalue weighted by Crippen LogP contribution is 2.27. The summed E-state index contributed by atoms with van der Waals surface area (Å²) in [4.78, 5) is 0. The molecule has 0 aliphatic carbocycles. The van der Waals surface area contributed by atoms with E-state index >= 15 is 0 Å². The summed E-state index contributed by atoms with van der Waals surface area (Å²) in [5, 5.41) is 0.654. The van der Waals surface area contributed by atoms with Gasteiger partial charge in [0.15, 0.2) is 0 Å². The number of rotatable bonds is 6. The molecule has 2 rings (SSSR count). The van der Waals surface area contributed by atoms with Crippen molar-refractivity contribution in [1.29, 1.82) is 0 Å². The first kappa shape index (κ1) is 15.6. The second kappa shape index (κ2) is 7.87. The van der Waals surface area contributed by atoms with Crippen LogP contribution in [0, 0.1) is 0 Å². The number of halogens is 1. The van der Waals surface area contributed by atoms with Gasteiger partial charge in [-0.25, -0.2) is 0 Å². The lowest BCUT2D eigenvalue weighted by Crippen LogP contribution is -2.25. The Morgan fingerprint density at radius 1 is 1.45 bits per heavy atom. The normalized spacial score (nSPS) is 20.6. The molecular formula is C16H24ClNO2. The van der Waals surface area contributed by atoms with Crippen LogP contribution in [0.4, 0.5) is 0 Å². The van der Waals surface area contributed by atoms with Crippen molar-refractivity contribution < 1.29 is 9.47 Å². The minimum atomic E-state index is 0.188. The van der Waals surface area contributed by atoms with E-state index in [1.165, 1.54) is 6.42 Å². The van der Waals surface area contributed by atoms with Crippen LogP contribution in [0.25, 0.3) is 0 Å². The zero-order chi connectivity index (χ0) is 14.4. The van der Waals surface area contributed by atoms with Crippen LogP contribution in [-0.2, 0) is 11.2 Å². The second-order valence-electron chi connectivity index (χ2n) is 5.44. The van der Waals surface area contributed by atoms with E-state index in [0.717, 1.165) is 43.6 Å². The molecule has 20 heavy (non-hydrogen) atoms. The Balaban J connectivity index is 1.88. The third-order valence-electron chi connectivity index (χ3n) is 3.72. The van der Waals surface area contributed by atoms with Crippen LogP contribution in [0.15, 0.2) is 18.2 Å². The van der Waals surface area contributed by atoms with Crippen LogP contribution >= 0.6 is 11.6 Å². The molecule has 1 aromatic rings. The molecule has 0 radical (unpaired) electrons. The molecule has 2 atom stereocenters. The molecule has 112 valence electrons. The van der Waals surface area contributed by atoms with Crippen LogP contribution in [0.5, 0.6) is 5.75 Å². The van der Waals surface area contributed by atoms with Crippen molar-refractivity contribution in [2.24, 2.45) is 5.73 Å². The maximum Gasteiger partial charge on any atom is 0.138 e. The molecule has 1 fully saturated rings. The van der Waals surface area contributed by atoms with Gasteiger partial charge in [-0.1, -0.05) is 24.6 Å². The van der Waals surface area contributed by atoms with Gasteiger partial charge in [-0.3, -0.25) is 0 Å². The van der Waals surface area contributed by atoms with Gasteiger partial charge in [0.1, 0.15) is 12.4 Å². The lowest BCUT2D eigenvalue weighted by Gasteiger charge is -2.23. The molecule has 1 saturated heterocycles. The summed E-state index contributed by atoms with van der Waals surface area (Å²) in [6, 6.07) is 6.11. The fourth-order valence-corrected chi connectivity index (χ4v) is 2.61. The van der Waals surface area contributed by atoms with Crippen LogP contribution in [0.3, 0.4) is 0 Å². The van der Waals surface area contributed by atoms with Gasteiger partial charge in [0, 0.05) is 12.6 Å². The highest BCUT2D eigenvalue weighted by atomic mass is 35.5. The summed E-state index contributed by atoms with van der Waals surface area (Å²) in [6.45, 7) is 3.51. The molecule has 3 nitrogen and oxygen atoms in total. The number of hydrogen-bond acceptors (Lipinski definition) is 3. The highest BCUT2D eigenvalue weighted by molar-refractivity contribution is 6.32. The molecule has 1 aromatic carbocycles. The van der Waals surface area contributed by atoms with Gasteiger partial charge in [0.2, 0.25) is 0 Å². The topological polar surface area (TPSA) is 44.5 Å². The summed E-state index contributed by atoms with van der Waals surface area (Å²) in [7, 11) is 0. The average molecular weight is 298 g/mol. The zero-order valence-electron chi connectivity index (χ0n) is 12.1. The summed E-state index contributed by atoms with van der Waals surface area (Å²) in [5.74, 6) is 0.731. The van der Waals surface area contributed by atoms with Crippen molar-refractivity contribution in [3.05, 3.63) is 28.8 Å². The number of nitrogens with two attached hydrogens (primary N) is 1. The maximum atomic E-state index is 6.27. The Kier molecular flexibility index (Phi) is 6.14. The molecule has 1 aliphatic rings. The van der Waals surface area contributed by atoms with E-state index in [2.05, 4.69) is 6.92 Å². The SMILES string of the molecule is CCC(N)Cc1ccc(OCC2CCCCO2)c(Cl)c1. The van der Waals surface area contributed by atoms with Crippen LogP contribution in [-0.4, -0.2) is 25.4 Å². The molecule has 2 unspecified atom stereocenters. The third kappa shape index (κ3) is 4.65. The molecule has 1 aliphatic heterocycles. The first-order valence-electron chi connectivity index (χ1n) is 7.47. The number of benzene rings is 1. The minimum Gasteiger partial charge on any atom is -0.489 e. The lowest BCUT2D eigenvalue weighted by molar-refractivity contribution is -0.0110. The maximum absolute atomic E-state index is 6.27. The Morgan fingerprint density at radius 3 is 2.95 bits per heavy atom. The standard InChI is InChI=1S/C16H24ClNO2/c1-2-13(18)9-12-6-7-16(15(17)10-12)20-11-14-5-3-4-8-19-14/h6-7,10,13-14H,2-5,8-9,11,18H2,1H3. The molecule has 4 heteroatoms. The Hall–Kier alpha value is -0.770. The Morgan fingerprint density at radius 2 is 2.30 bits per heavy atom. The van der Waals surface area contributed by atoms with Crippen LogP contribution in [0.2, 0.25) is 5.02 Å². The van der Waals surface area contributed by atoms with Gasteiger partial charge in [0.25, 0.3) is 0 Å². The average Bonchev–Trinajstić information content (AvgIpc) is 2.47. The molecule has 0 amide bonds. The van der Waals surface area contributed by atoms with E-state index < -0.39 is 0 Å². The largest absolute Gasteiger partial charge is 0.489 e. The van der Waals surface area contributed by atoms with Crippen molar-refractivity contribution in [2.75, 3.05) is 13.2 Å². The van der Waals surface area contributed by atoms with Crippen molar-refractivity contribution in [3.8, 4) is 5.75 Å². The zero-order valence-corrected chi connectivity index (χ0v) is 12.9. The summed E-state index contributed by atoms with van der Waals surface area (Å²) >= 11 is 6.27. The quantitative estimate of drug-likeness (QED) is 0.873. The summed E-state index contributed by atoms with van der Waals surface area (Å²) < 4.78 is 11.4. The molecule has 2 N–H and O–H groups in total. The lowest BCUT2D eigenvalue weighted by atomic mass is 10.0. The predicted molar refractivity (Wildman–Crippen MR) is 82.5 cm³/mol. The van der Waals surface area contributed by atoms with Gasteiger partial charge >= 0.3 is 0 Å². The fraction of sp³-hybridized carbons (Fsp3) is 0.625. The molecule has 0 spiro atoms.